The monoisotopic (exact) mass is 284 g/mol. The SMILES string of the molecule is CCOC(=O)C1(NC)CCC(N2CC(C)OC(C)C2)C1. The number of ether oxygens (including phenoxy) is 2. The molecule has 2 rings (SSSR count). The van der Waals surface area contributed by atoms with Crippen molar-refractivity contribution in [3.63, 3.8) is 0 Å². The van der Waals surface area contributed by atoms with Gasteiger partial charge in [0.25, 0.3) is 0 Å². The fraction of sp³-hybridized carbons (Fsp3) is 0.933. The first kappa shape index (κ1) is 15.7. The highest BCUT2D eigenvalue weighted by atomic mass is 16.5. The third-order valence-electron chi connectivity index (χ3n) is 4.60. The molecular weight excluding hydrogens is 256 g/mol. The summed E-state index contributed by atoms with van der Waals surface area (Å²) >= 11 is 0. The number of rotatable bonds is 4. The molecular formula is C15H28N2O3. The number of morpholine rings is 1. The Morgan fingerprint density at radius 3 is 2.60 bits per heavy atom. The molecule has 4 atom stereocenters. The first-order valence-electron chi connectivity index (χ1n) is 7.76. The van der Waals surface area contributed by atoms with Crippen molar-refractivity contribution in [2.75, 3.05) is 26.7 Å². The Labute approximate surface area is 122 Å². The number of carbonyl (C=O) groups excluding carboxylic acids is 1. The lowest BCUT2D eigenvalue weighted by Crippen LogP contribution is -2.53. The van der Waals surface area contributed by atoms with Crippen molar-refractivity contribution in [2.45, 2.75) is 63.8 Å². The van der Waals surface area contributed by atoms with Crippen molar-refractivity contribution < 1.29 is 14.3 Å². The van der Waals surface area contributed by atoms with Crippen LogP contribution in [0.5, 0.6) is 0 Å². The smallest absolute Gasteiger partial charge is 0.326 e. The van der Waals surface area contributed by atoms with E-state index in [0.717, 1.165) is 32.4 Å². The van der Waals surface area contributed by atoms with Crippen LogP contribution >= 0.6 is 0 Å². The summed E-state index contributed by atoms with van der Waals surface area (Å²) in [5.41, 5.74) is -0.495. The molecule has 20 heavy (non-hydrogen) atoms. The van der Waals surface area contributed by atoms with E-state index in [1.54, 1.807) is 0 Å². The minimum atomic E-state index is -0.495. The van der Waals surface area contributed by atoms with Gasteiger partial charge in [-0.05, 0) is 47.1 Å². The predicted octanol–water partition coefficient (Wildman–Crippen LogP) is 1.17. The van der Waals surface area contributed by atoms with Crippen LogP contribution in [0.25, 0.3) is 0 Å². The third kappa shape index (κ3) is 3.15. The van der Waals surface area contributed by atoms with Crippen LogP contribution in [-0.4, -0.2) is 61.4 Å². The van der Waals surface area contributed by atoms with E-state index >= 15 is 0 Å². The second kappa shape index (κ2) is 6.41. The van der Waals surface area contributed by atoms with Gasteiger partial charge in [-0.2, -0.15) is 0 Å². The molecule has 0 spiro atoms. The summed E-state index contributed by atoms with van der Waals surface area (Å²) in [7, 11) is 1.86. The van der Waals surface area contributed by atoms with E-state index in [2.05, 4.69) is 24.1 Å². The molecule has 0 aromatic heterocycles. The molecule has 0 bridgehead atoms. The first-order chi connectivity index (χ1) is 9.50. The van der Waals surface area contributed by atoms with Crippen molar-refractivity contribution >= 4 is 5.97 Å². The summed E-state index contributed by atoms with van der Waals surface area (Å²) in [5, 5.41) is 3.22. The highest BCUT2D eigenvalue weighted by molar-refractivity contribution is 5.81. The number of hydrogen-bond donors (Lipinski definition) is 1. The molecule has 1 N–H and O–H groups in total. The van der Waals surface area contributed by atoms with E-state index in [9.17, 15) is 4.79 Å². The number of nitrogens with one attached hydrogen (secondary N) is 1. The Morgan fingerprint density at radius 1 is 1.40 bits per heavy atom. The molecule has 2 aliphatic rings. The van der Waals surface area contributed by atoms with E-state index in [1.807, 2.05) is 14.0 Å². The molecule has 0 amide bonds. The summed E-state index contributed by atoms with van der Waals surface area (Å²) in [6.45, 7) is 8.45. The Bertz CT molecular complexity index is 340. The van der Waals surface area contributed by atoms with Crippen LogP contribution in [0, 0.1) is 0 Å². The Morgan fingerprint density at radius 2 is 2.05 bits per heavy atom. The van der Waals surface area contributed by atoms with Crippen LogP contribution in [0.2, 0.25) is 0 Å². The number of hydrogen-bond acceptors (Lipinski definition) is 5. The van der Waals surface area contributed by atoms with Crippen molar-refractivity contribution in [3.05, 3.63) is 0 Å². The summed E-state index contributed by atoms with van der Waals surface area (Å²) in [6, 6.07) is 0.445. The maximum Gasteiger partial charge on any atom is 0.326 e. The van der Waals surface area contributed by atoms with E-state index in [-0.39, 0.29) is 18.2 Å². The Hall–Kier alpha value is -0.650. The van der Waals surface area contributed by atoms with Gasteiger partial charge in [0.15, 0.2) is 0 Å². The Kier molecular flexibility index (Phi) is 5.04. The van der Waals surface area contributed by atoms with Gasteiger partial charge in [0.1, 0.15) is 5.54 Å². The maximum absolute atomic E-state index is 12.2. The van der Waals surface area contributed by atoms with E-state index < -0.39 is 5.54 Å². The van der Waals surface area contributed by atoms with Gasteiger partial charge in [-0.3, -0.25) is 9.69 Å². The summed E-state index contributed by atoms with van der Waals surface area (Å²) in [5.74, 6) is -0.0978. The number of esters is 1. The third-order valence-corrected chi connectivity index (χ3v) is 4.60. The van der Waals surface area contributed by atoms with Crippen molar-refractivity contribution in [1.29, 1.82) is 0 Å². The van der Waals surface area contributed by atoms with Gasteiger partial charge < -0.3 is 14.8 Å². The van der Waals surface area contributed by atoms with E-state index in [1.165, 1.54) is 0 Å². The maximum atomic E-state index is 12.2. The Balaban J connectivity index is 2.01. The average Bonchev–Trinajstić information content (AvgIpc) is 2.83. The van der Waals surface area contributed by atoms with Crippen LogP contribution in [0.15, 0.2) is 0 Å². The van der Waals surface area contributed by atoms with Crippen molar-refractivity contribution in [3.8, 4) is 0 Å². The molecule has 0 aromatic carbocycles. The largest absolute Gasteiger partial charge is 0.465 e. The van der Waals surface area contributed by atoms with Crippen LogP contribution in [-0.2, 0) is 14.3 Å². The second-order valence-electron chi connectivity index (χ2n) is 6.16. The standard InChI is InChI=1S/C15H28N2O3/c1-5-19-14(18)15(16-4)7-6-13(8-15)17-9-11(2)20-12(3)10-17/h11-13,16H,5-10H2,1-4H3. The topological polar surface area (TPSA) is 50.8 Å². The van der Waals surface area contributed by atoms with E-state index in [4.69, 9.17) is 9.47 Å². The fourth-order valence-corrected chi connectivity index (χ4v) is 3.63. The van der Waals surface area contributed by atoms with Crippen LogP contribution in [0.3, 0.4) is 0 Å². The van der Waals surface area contributed by atoms with Gasteiger partial charge in [0, 0.05) is 19.1 Å². The number of nitrogens with zero attached hydrogens (tertiary/aromatic N) is 1. The molecule has 116 valence electrons. The highest BCUT2D eigenvalue weighted by Gasteiger charge is 2.47. The molecule has 5 nitrogen and oxygen atoms in total. The van der Waals surface area contributed by atoms with Crippen molar-refractivity contribution in [1.82, 2.24) is 10.2 Å². The van der Waals surface area contributed by atoms with Crippen molar-refractivity contribution in [2.24, 2.45) is 0 Å². The van der Waals surface area contributed by atoms with Gasteiger partial charge in [-0.1, -0.05) is 0 Å². The molecule has 1 heterocycles. The predicted molar refractivity (Wildman–Crippen MR) is 77.6 cm³/mol. The first-order valence-corrected chi connectivity index (χ1v) is 7.76. The summed E-state index contributed by atoms with van der Waals surface area (Å²) in [6.07, 6.45) is 3.27. The van der Waals surface area contributed by atoms with Gasteiger partial charge in [-0.15, -0.1) is 0 Å². The van der Waals surface area contributed by atoms with Crippen LogP contribution in [0.4, 0.5) is 0 Å². The van der Waals surface area contributed by atoms with Gasteiger partial charge in [0.05, 0.1) is 18.8 Å². The number of carbonyl (C=O) groups is 1. The number of likely N-dealkylation sites (N-methyl/N-ethyl adjacent to an activating group) is 1. The van der Waals surface area contributed by atoms with Gasteiger partial charge in [-0.25, -0.2) is 0 Å². The summed E-state index contributed by atoms with van der Waals surface area (Å²) in [4.78, 5) is 14.7. The second-order valence-corrected chi connectivity index (χ2v) is 6.16. The molecule has 2 fully saturated rings. The molecule has 0 aromatic rings. The zero-order valence-corrected chi connectivity index (χ0v) is 13.1. The molecule has 4 unspecified atom stereocenters. The molecule has 1 aliphatic carbocycles. The molecule has 0 radical (unpaired) electrons. The quantitative estimate of drug-likeness (QED) is 0.785. The average molecular weight is 284 g/mol. The molecule has 1 saturated carbocycles. The van der Waals surface area contributed by atoms with Gasteiger partial charge >= 0.3 is 5.97 Å². The van der Waals surface area contributed by atoms with Crippen LogP contribution in [0.1, 0.15) is 40.0 Å². The normalized spacial score (nSPS) is 38.9. The zero-order valence-electron chi connectivity index (χ0n) is 13.1. The highest BCUT2D eigenvalue weighted by Crippen LogP contribution is 2.35. The molecule has 1 aliphatic heterocycles. The lowest BCUT2D eigenvalue weighted by Gasteiger charge is -2.39. The minimum absolute atomic E-state index is 0.0978. The fourth-order valence-electron chi connectivity index (χ4n) is 3.63. The minimum Gasteiger partial charge on any atom is -0.465 e. The lowest BCUT2D eigenvalue weighted by molar-refractivity contribution is -0.151. The summed E-state index contributed by atoms with van der Waals surface area (Å²) < 4.78 is 11.0. The molecule has 5 heteroatoms. The van der Waals surface area contributed by atoms with E-state index in [0.29, 0.717) is 12.6 Å². The van der Waals surface area contributed by atoms with Crippen LogP contribution < -0.4 is 5.32 Å². The molecule has 1 saturated heterocycles. The lowest BCUT2D eigenvalue weighted by atomic mass is 9.97. The van der Waals surface area contributed by atoms with Gasteiger partial charge in [0.2, 0.25) is 0 Å². The zero-order chi connectivity index (χ0) is 14.8.